The van der Waals surface area contributed by atoms with E-state index >= 15 is 0 Å². The van der Waals surface area contributed by atoms with E-state index in [1.807, 2.05) is 30.4 Å². The zero-order chi connectivity index (χ0) is 15.0. The van der Waals surface area contributed by atoms with Crippen LogP contribution in [0.1, 0.15) is 10.9 Å². The fourth-order valence-electron chi connectivity index (χ4n) is 1.97. The smallest absolute Gasteiger partial charge is 0.161 e. The van der Waals surface area contributed by atoms with Gasteiger partial charge in [-0.1, -0.05) is 18.2 Å². The number of hydrogen-bond donors (Lipinski definition) is 0. The standard InChI is InChI=1S/C16H22ClNO2/c1-5-9-18(10-6-2)12-14(17)13-7-8-15(19-3)16(11-13)20-4/h5-8,11,14H,1-2,9-10,12H2,3-4H3. The summed E-state index contributed by atoms with van der Waals surface area (Å²) in [6, 6.07) is 5.74. The highest BCUT2D eigenvalue weighted by Gasteiger charge is 2.14. The van der Waals surface area contributed by atoms with Crippen LogP contribution in [0.15, 0.2) is 43.5 Å². The molecule has 1 aromatic rings. The van der Waals surface area contributed by atoms with Crippen LogP contribution in [0.25, 0.3) is 0 Å². The molecule has 0 N–H and O–H groups in total. The molecule has 0 radical (unpaired) electrons. The van der Waals surface area contributed by atoms with Crippen molar-refractivity contribution in [3.05, 3.63) is 49.1 Å². The van der Waals surface area contributed by atoms with Gasteiger partial charge in [0, 0.05) is 19.6 Å². The van der Waals surface area contributed by atoms with E-state index in [2.05, 4.69) is 18.1 Å². The van der Waals surface area contributed by atoms with Crippen LogP contribution in [0.3, 0.4) is 0 Å². The number of alkyl halides is 1. The SMILES string of the molecule is C=CCN(CC=C)CC(Cl)c1ccc(OC)c(OC)c1. The molecule has 0 fully saturated rings. The van der Waals surface area contributed by atoms with E-state index in [1.54, 1.807) is 14.2 Å². The largest absolute Gasteiger partial charge is 0.493 e. The average molecular weight is 296 g/mol. The quantitative estimate of drug-likeness (QED) is 0.513. The van der Waals surface area contributed by atoms with Crippen molar-refractivity contribution in [2.75, 3.05) is 33.9 Å². The number of rotatable bonds is 9. The van der Waals surface area contributed by atoms with Gasteiger partial charge in [0.15, 0.2) is 11.5 Å². The monoisotopic (exact) mass is 295 g/mol. The van der Waals surface area contributed by atoms with Gasteiger partial charge in [0.25, 0.3) is 0 Å². The second kappa shape index (κ2) is 8.67. The van der Waals surface area contributed by atoms with Crippen molar-refractivity contribution in [2.24, 2.45) is 0 Å². The molecule has 0 saturated carbocycles. The zero-order valence-electron chi connectivity index (χ0n) is 12.1. The summed E-state index contributed by atoms with van der Waals surface area (Å²) in [5.74, 6) is 1.39. The number of halogens is 1. The maximum atomic E-state index is 6.49. The van der Waals surface area contributed by atoms with E-state index in [0.29, 0.717) is 11.5 Å². The molecule has 0 aromatic heterocycles. The minimum Gasteiger partial charge on any atom is -0.493 e. The maximum absolute atomic E-state index is 6.49. The molecule has 0 spiro atoms. The molecule has 1 atom stereocenters. The minimum atomic E-state index is -0.130. The van der Waals surface area contributed by atoms with Crippen molar-refractivity contribution in [3.63, 3.8) is 0 Å². The van der Waals surface area contributed by atoms with Gasteiger partial charge in [-0.05, 0) is 17.7 Å². The van der Waals surface area contributed by atoms with E-state index in [4.69, 9.17) is 21.1 Å². The maximum Gasteiger partial charge on any atom is 0.161 e. The van der Waals surface area contributed by atoms with Crippen LogP contribution < -0.4 is 9.47 Å². The second-order valence-corrected chi connectivity index (χ2v) is 4.90. The first kappa shape index (κ1) is 16.6. The Kier molecular flexibility index (Phi) is 7.20. The first-order valence-corrected chi connectivity index (χ1v) is 6.90. The van der Waals surface area contributed by atoms with Crippen molar-refractivity contribution in [1.29, 1.82) is 0 Å². The number of methoxy groups -OCH3 is 2. The van der Waals surface area contributed by atoms with Crippen molar-refractivity contribution in [2.45, 2.75) is 5.38 Å². The van der Waals surface area contributed by atoms with Gasteiger partial charge >= 0.3 is 0 Å². The highest BCUT2D eigenvalue weighted by Crippen LogP contribution is 2.32. The number of ether oxygens (including phenoxy) is 2. The molecule has 0 aliphatic heterocycles. The van der Waals surface area contributed by atoms with E-state index in [-0.39, 0.29) is 5.38 Å². The second-order valence-electron chi connectivity index (χ2n) is 4.38. The lowest BCUT2D eigenvalue weighted by atomic mass is 10.1. The van der Waals surface area contributed by atoms with Gasteiger partial charge in [0.2, 0.25) is 0 Å². The molecule has 0 bridgehead atoms. The summed E-state index contributed by atoms with van der Waals surface area (Å²) in [5.41, 5.74) is 1.00. The minimum absolute atomic E-state index is 0.130. The van der Waals surface area contributed by atoms with Crippen molar-refractivity contribution < 1.29 is 9.47 Å². The Labute approximate surface area is 126 Å². The average Bonchev–Trinajstić information content (AvgIpc) is 2.46. The van der Waals surface area contributed by atoms with Gasteiger partial charge < -0.3 is 9.47 Å². The van der Waals surface area contributed by atoms with Crippen molar-refractivity contribution in [3.8, 4) is 11.5 Å². The van der Waals surface area contributed by atoms with Gasteiger partial charge in [-0.25, -0.2) is 0 Å². The van der Waals surface area contributed by atoms with Crippen molar-refractivity contribution >= 4 is 11.6 Å². The lowest BCUT2D eigenvalue weighted by Gasteiger charge is -2.22. The van der Waals surface area contributed by atoms with Gasteiger partial charge in [-0.15, -0.1) is 24.8 Å². The molecule has 0 amide bonds. The summed E-state index contributed by atoms with van der Waals surface area (Å²) in [4.78, 5) is 2.17. The molecular weight excluding hydrogens is 274 g/mol. The number of benzene rings is 1. The zero-order valence-corrected chi connectivity index (χ0v) is 12.9. The van der Waals surface area contributed by atoms with Gasteiger partial charge in [0.1, 0.15) is 0 Å². The normalized spacial score (nSPS) is 12.0. The summed E-state index contributed by atoms with van der Waals surface area (Å²) >= 11 is 6.49. The molecule has 110 valence electrons. The third-order valence-electron chi connectivity index (χ3n) is 2.96. The van der Waals surface area contributed by atoms with Gasteiger partial charge in [0.05, 0.1) is 19.6 Å². The van der Waals surface area contributed by atoms with Crippen LogP contribution in [0, 0.1) is 0 Å². The predicted molar refractivity (Wildman–Crippen MR) is 85.0 cm³/mol. The summed E-state index contributed by atoms with van der Waals surface area (Å²) < 4.78 is 10.5. The molecule has 1 aromatic carbocycles. The van der Waals surface area contributed by atoms with Crippen LogP contribution in [-0.4, -0.2) is 38.8 Å². The molecule has 0 aliphatic rings. The predicted octanol–water partition coefficient (Wildman–Crippen LogP) is 3.66. The Balaban J connectivity index is 2.82. The molecule has 0 saturated heterocycles. The molecule has 0 aliphatic carbocycles. The Morgan fingerprint density at radius 2 is 1.75 bits per heavy atom. The van der Waals surface area contributed by atoms with Crippen LogP contribution in [0.5, 0.6) is 11.5 Å². The fraction of sp³-hybridized carbons (Fsp3) is 0.375. The molecular formula is C16H22ClNO2. The Morgan fingerprint density at radius 3 is 2.25 bits per heavy atom. The molecule has 0 heterocycles. The van der Waals surface area contributed by atoms with Crippen LogP contribution in [0.2, 0.25) is 0 Å². The van der Waals surface area contributed by atoms with Crippen LogP contribution >= 0.6 is 11.6 Å². The van der Waals surface area contributed by atoms with E-state index < -0.39 is 0 Å². The molecule has 1 unspecified atom stereocenters. The van der Waals surface area contributed by atoms with Gasteiger partial charge in [-0.3, -0.25) is 4.90 Å². The van der Waals surface area contributed by atoms with E-state index in [0.717, 1.165) is 25.2 Å². The van der Waals surface area contributed by atoms with E-state index in [1.165, 1.54) is 0 Å². The molecule has 20 heavy (non-hydrogen) atoms. The van der Waals surface area contributed by atoms with Crippen molar-refractivity contribution in [1.82, 2.24) is 4.90 Å². The Hall–Kier alpha value is -1.45. The van der Waals surface area contributed by atoms with Crippen LogP contribution in [0.4, 0.5) is 0 Å². The number of hydrogen-bond acceptors (Lipinski definition) is 3. The molecule has 1 rings (SSSR count). The van der Waals surface area contributed by atoms with Gasteiger partial charge in [-0.2, -0.15) is 0 Å². The highest BCUT2D eigenvalue weighted by molar-refractivity contribution is 6.21. The fourth-order valence-corrected chi connectivity index (χ4v) is 2.30. The summed E-state index contributed by atoms with van der Waals surface area (Å²) in [6.45, 7) is 9.79. The third kappa shape index (κ3) is 4.58. The van der Waals surface area contributed by atoms with E-state index in [9.17, 15) is 0 Å². The number of nitrogens with zero attached hydrogens (tertiary/aromatic N) is 1. The first-order valence-electron chi connectivity index (χ1n) is 6.46. The third-order valence-corrected chi connectivity index (χ3v) is 3.35. The summed E-state index contributed by atoms with van der Waals surface area (Å²) in [6.07, 6.45) is 3.73. The lowest BCUT2D eigenvalue weighted by molar-refractivity contribution is 0.334. The highest BCUT2D eigenvalue weighted by atomic mass is 35.5. The molecule has 4 heteroatoms. The Bertz CT molecular complexity index is 438. The lowest BCUT2D eigenvalue weighted by Crippen LogP contribution is -2.27. The Morgan fingerprint density at radius 1 is 1.15 bits per heavy atom. The molecule has 3 nitrogen and oxygen atoms in total. The topological polar surface area (TPSA) is 21.7 Å². The summed E-state index contributed by atoms with van der Waals surface area (Å²) in [7, 11) is 3.23. The first-order chi connectivity index (χ1) is 9.65. The van der Waals surface area contributed by atoms with Crippen LogP contribution in [-0.2, 0) is 0 Å². The summed E-state index contributed by atoms with van der Waals surface area (Å²) in [5, 5.41) is -0.130.